The molecule has 0 aliphatic heterocycles. The van der Waals surface area contributed by atoms with Crippen LogP contribution in [0.4, 0.5) is 13.2 Å². The van der Waals surface area contributed by atoms with Crippen molar-refractivity contribution in [3.63, 3.8) is 0 Å². The number of alkyl halides is 3. The first-order valence-corrected chi connectivity index (χ1v) is 7.18. The molecule has 0 bridgehead atoms. The van der Waals surface area contributed by atoms with Gasteiger partial charge in [0, 0.05) is 11.1 Å². The standard InChI is InChI=1S/C17H12F3N3O2/c1-25-16(24)13-8-3-2-7-12(13)15-21-14(22-23-15)10-5-4-6-11(9-10)17(18,19)20/h2-9H,1H3,(H,21,22,23). The molecule has 1 aromatic heterocycles. The molecule has 0 atom stereocenters. The van der Waals surface area contributed by atoms with Crippen molar-refractivity contribution >= 4 is 5.97 Å². The van der Waals surface area contributed by atoms with E-state index in [1.165, 1.54) is 19.2 Å². The molecule has 0 aliphatic carbocycles. The number of aromatic amines is 1. The average molecular weight is 347 g/mol. The van der Waals surface area contributed by atoms with Crippen LogP contribution in [-0.2, 0) is 10.9 Å². The Labute approximate surface area is 140 Å². The van der Waals surface area contributed by atoms with Gasteiger partial charge in [-0.3, -0.25) is 5.10 Å². The van der Waals surface area contributed by atoms with Crippen molar-refractivity contribution in [2.45, 2.75) is 6.18 Å². The zero-order valence-electron chi connectivity index (χ0n) is 13.0. The van der Waals surface area contributed by atoms with Crippen LogP contribution in [0, 0.1) is 0 Å². The van der Waals surface area contributed by atoms with Crippen molar-refractivity contribution in [2.24, 2.45) is 0 Å². The summed E-state index contributed by atoms with van der Waals surface area (Å²) in [6.07, 6.45) is -4.45. The van der Waals surface area contributed by atoms with Crippen LogP contribution < -0.4 is 0 Å². The van der Waals surface area contributed by atoms with E-state index in [0.717, 1.165) is 12.1 Å². The first-order chi connectivity index (χ1) is 11.9. The van der Waals surface area contributed by atoms with Gasteiger partial charge in [-0.25, -0.2) is 9.78 Å². The third-order valence-corrected chi connectivity index (χ3v) is 3.52. The van der Waals surface area contributed by atoms with E-state index in [4.69, 9.17) is 4.74 Å². The number of methoxy groups -OCH3 is 1. The predicted octanol–water partition coefficient (Wildman–Crippen LogP) is 3.94. The summed E-state index contributed by atoms with van der Waals surface area (Å²) in [7, 11) is 1.26. The van der Waals surface area contributed by atoms with E-state index in [2.05, 4.69) is 15.2 Å². The van der Waals surface area contributed by atoms with Crippen LogP contribution in [0.15, 0.2) is 48.5 Å². The number of aromatic nitrogens is 3. The molecule has 3 aromatic rings. The van der Waals surface area contributed by atoms with Gasteiger partial charge < -0.3 is 4.74 Å². The van der Waals surface area contributed by atoms with Gasteiger partial charge in [-0.05, 0) is 18.2 Å². The minimum Gasteiger partial charge on any atom is -0.465 e. The smallest absolute Gasteiger partial charge is 0.416 e. The summed E-state index contributed by atoms with van der Waals surface area (Å²) in [6, 6.07) is 11.3. The van der Waals surface area contributed by atoms with Crippen molar-refractivity contribution in [1.29, 1.82) is 0 Å². The molecule has 0 aliphatic rings. The number of carbonyl (C=O) groups is 1. The summed E-state index contributed by atoms with van der Waals surface area (Å²) in [5, 5.41) is 6.60. The maximum atomic E-state index is 12.8. The number of nitrogens with zero attached hydrogens (tertiary/aromatic N) is 2. The second kappa shape index (κ2) is 6.39. The summed E-state index contributed by atoms with van der Waals surface area (Å²) >= 11 is 0. The van der Waals surface area contributed by atoms with E-state index < -0.39 is 17.7 Å². The Balaban J connectivity index is 2.01. The summed E-state index contributed by atoms with van der Waals surface area (Å²) in [5.74, 6) is -0.193. The number of nitrogens with one attached hydrogen (secondary N) is 1. The van der Waals surface area contributed by atoms with Crippen LogP contribution in [-0.4, -0.2) is 28.3 Å². The second-order valence-electron chi connectivity index (χ2n) is 5.12. The summed E-state index contributed by atoms with van der Waals surface area (Å²) in [6.45, 7) is 0. The Bertz CT molecular complexity index is 919. The molecule has 0 fully saturated rings. The fourth-order valence-electron chi connectivity index (χ4n) is 2.32. The lowest BCUT2D eigenvalue weighted by Gasteiger charge is -2.06. The lowest BCUT2D eigenvalue weighted by atomic mass is 10.1. The van der Waals surface area contributed by atoms with Crippen LogP contribution in [0.5, 0.6) is 0 Å². The highest BCUT2D eigenvalue weighted by Crippen LogP contribution is 2.32. The fourth-order valence-corrected chi connectivity index (χ4v) is 2.32. The normalized spacial score (nSPS) is 11.4. The minimum absolute atomic E-state index is 0.0979. The Morgan fingerprint density at radius 3 is 2.60 bits per heavy atom. The van der Waals surface area contributed by atoms with Crippen LogP contribution in [0.3, 0.4) is 0 Å². The van der Waals surface area contributed by atoms with E-state index in [1.807, 2.05) is 0 Å². The molecule has 3 rings (SSSR count). The third-order valence-electron chi connectivity index (χ3n) is 3.52. The molecule has 1 heterocycles. The van der Waals surface area contributed by atoms with Crippen molar-refractivity contribution in [3.05, 3.63) is 59.7 Å². The number of esters is 1. The van der Waals surface area contributed by atoms with Gasteiger partial charge in [0.15, 0.2) is 11.6 Å². The van der Waals surface area contributed by atoms with Gasteiger partial charge in [0.05, 0.1) is 18.2 Å². The summed E-state index contributed by atoms with van der Waals surface area (Å²) in [5.41, 5.74) is 0.149. The van der Waals surface area contributed by atoms with Crippen LogP contribution in [0.2, 0.25) is 0 Å². The largest absolute Gasteiger partial charge is 0.465 e. The zero-order chi connectivity index (χ0) is 18.0. The molecule has 0 saturated heterocycles. The molecular weight excluding hydrogens is 335 g/mol. The number of halogens is 3. The molecule has 0 unspecified atom stereocenters. The number of hydrogen-bond donors (Lipinski definition) is 1. The van der Waals surface area contributed by atoms with Gasteiger partial charge in [-0.1, -0.05) is 30.3 Å². The van der Waals surface area contributed by atoms with Gasteiger partial charge in [0.2, 0.25) is 0 Å². The average Bonchev–Trinajstić information content (AvgIpc) is 3.10. The molecule has 0 saturated carbocycles. The lowest BCUT2D eigenvalue weighted by molar-refractivity contribution is -0.137. The van der Waals surface area contributed by atoms with E-state index in [-0.39, 0.29) is 22.8 Å². The van der Waals surface area contributed by atoms with Crippen LogP contribution in [0.1, 0.15) is 15.9 Å². The maximum absolute atomic E-state index is 12.8. The van der Waals surface area contributed by atoms with Gasteiger partial charge in [-0.2, -0.15) is 18.3 Å². The number of carbonyl (C=O) groups excluding carboxylic acids is 1. The van der Waals surface area contributed by atoms with E-state index in [1.54, 1.807) is 24.3 Å². The predicted molar refractivity (Wildman–Crippen MR) is 83.6 cm³/mol. The molecule has 8 heteroatoms. The van der Waals surface area contributed by atoms with Crippen molar-refractivity contribution in [2.75, 3.05) is 7.11 Å². The monoisotopic (exact) mass is 347 g/mol. The van der Waals surface area contributed by atoms with Crippen molar-refractivity contribution in [3.8, 4) is 22.8 Å². The first kappa shape index (κ1) is 16.7. The van der Waals surface area contributed by atoms with E-state index >= 15 is 0 Å². The van der Waals surface area contributed by atoms with Gasteiger partial charge in [0.25, 0.3) is 0 Å². The van der Waals surface area contributed by atoms with Crippen LogP contribution >= 0.6 is 0 Å². The fraction of sp³-hybridized carbons (Fsp3) is 0.118. The van der Waals surface area contributed by atoms with E-state index in [9.17, 15) is 18.0 Å². The Morgan fingerprint density at radius 2 is 1.88 bits per heavy atom. The van der Waals surface area contributed by atoms with Gasteiger partial charge >= 0.3 is 12.1 Å². The topological polar surface area (TPSA) is 67.9 Å². The van der Waals surface area contributed by atoms with Crippen molar-refractivity contribution < 1.29 is 22.7 Å². The number of H-pyrrole nitrogens is 1. The molecule has 2 aromatic carbocycles. The zero-order valence-corrected chi connectivity index (χ0v) is 13.0. The number of benzene rings is 2. The molecule has 0 radical (unpaired) electrons. The highest BCUT2D eigenvalue weighted by molar-refractivity contribution is 5.96. The number of ether oxygens (including phenoxy) is 1. The first-order valence-electron chi connectivity index (χ1n) is 7.18. The summed E-state index contributed by atoms with van der Waals surface area (Å²) in [4.78, 5) is 16.0. The Morgan fingerprint density at radius 1 is 1.12 bits per heavy atom. The molecule has 25 heavy (non-hydrogen) atoms. The number of hydrogen-bond acceptors (Lipinski definition) is 4. The maximum Gasteiger partial charge on any atom is 0.416 e. The molecule has 1 N–H and O–H groups in total. The highest BCUT2D eigenvalue weighted by atomic mass is 19.4. The molecule has 128 valence electrons. The second-order valence-corrected chi connectivity index (χ2v) is 5.12. The van der Waals surface area contributed by atoms with Crippen molar-refractivity contribution in [1.82, 2.24) is 15.2 Å². The van der Waals surface area contributed by atoms with E-state index in [0.29, 0.717) is 5.56 Å². The highest BCUT2D eigenvalue weighted by Gasteiger charge is 2.30. The van der Waals surface area contributed by atoms with Crippen LogP contribution in [0.25, 0.3) is 22.8 Å². The molecular formula is C17H12F3N3O2. The quantitative estimate of drug-likeness (QED) is 0.729. The lowest BCUT2D eigenvalue weighted by Crippen LogP contribution is -2.04. The molecule has 0 amide bonds. The SMILES string of the molecule is COC(=O)c1ccccc1-c1nc(-c2cccc(C(F)(F)F)c2)n[nH]1. The van der Waals surface area contributed by atoms with Gasteiger partial charge in [-0.15, -0.1) is 0 Å². The third kappa shape index (κ3) is 3.37. The molecule has 0 spiro atoms. The Kier molecular flexibility index (Phi) is 4.26. The van der Waals surface area contributed by atoms with Gasteiger partial charge in [0.1, 0.15) is 0 Å². The minimum atomic E-state index is -4.45. The Hall–Kier alpha value is -3.16. The number of rotatable bonds is 3. The molecule has 5 nitrogen and oxygen atoms in total. The summed E-state index contributed by atoms with van der Waals surface area (Å²) < 4.78 is 43.2.